The van der Waals surface area contributed by atoms with Crippen LogP contribution in [0.25, 0.3) is 21.3 Å². The van der Waals surface area contributed by atoms with Crippen LogP contribution in [0.1, 0.15) is 25.7 Å². The van der Waals surface area contributed by atoms with Crippen molar-refractivity contribution in [2.45, 2.75) is 37.8 Å². The number of thiophene rings is 1. The lowest BCUT2D eigenvalue weighted by atomic mass is 9.91. The van der Waals surface area contributed by atoms with Gasteiger partial charge in [-0.05, 0) is 37.7 Å². The van der Waals surface area contributed by atoms with Crippen LogP contribution in [0.4, 0.5) is 11.8 Å². The van der Waals surface area contributed by atoms with Crippen molar-refractivity contribution in [2.24, 2.45) is 5.92 Å². The molecular weight excluding hydrogens is 462 g/mol. The Hall–Kier alpha value is -2.91. The van der Waals surface area contributed by atoms with Crippen LogP contribution in [-0.2, 0) is 9.53 Å². The second-order valence-corrected chi connectivity index (χ2v) is 10.6. The molecule has 0 aliphatic carbocycles. The summed E-state index contributed by atoms with van der Waals surface area (Å²) in [6.07, 6.45) is 4.58. The Labute approximate surface area is 209 Å². The number of hydrogen-bond donors (Lipinski definition) is 1. The molecule has 2 atom stereocenters. The molecule has 3 fully saturated rings. The summed E-state index contributed by atoms with van der Waals surface area (Å²) >= 11 is 1.64. The monoisotopic (exact) mass is 493 g/mol. The predicted octanol–water partition coefficient (Wildman–Crippen LogP) is 3.70. The lowest BCUT2D eigenvalue weighted by molar-refractivity contribution is -0.120. The van der Waals surface area contributed by atoms with Gasteiger partial charge >= 0.3 is 0 Å². The third-order valence-corrected chi connectivity index (χ3v) is 8.47. The number of rotatable bonds is 6. The molecule has 8 nitrogen and oxygen atoms in total. The molecule has 0 radical (unpaired) electrons. The van der Waals surface area contributed by atoms with Crippen molar-refractivity contribution in [1.29, 1.82) is 0 Å². The number of methoxy groups -OCH3 is 2. The van der Waals surface area contributed by atoms with Crippen molar-refractivity contribution in [3.8, 4) is 16.9 Å². The van der Waals surface area contributed by atoms with Gasteiger partial charge in [-0.15, -0.1) is 11.3 Å². The van der Waals surface area contributed by atoms with Gasteiger partial charge in [0, 0.05) is 55.4 Å². The van der Waals surface area contributed by atoms with Crippen molar-refractivity contribution in [3.05, 3.63) is 29.6 Å². The van der Waals surface area contributed by atoms with Crippen molar-refractivity contribution in [1.82, 2.24) is 15.3 Å². The molecule has 3 saturated heterocycles. The van der Waals surface area contributed by atoms with E-state index in [1.807, 2.05) is 23.1 Å². The molecule has 5 heterocycles. The number of benzene rings is 1. The van der Waals surface area contributed by atoms with E-state index in [0.29, 0.717) is 43.6 Å². The SMILES string of the molecule is COCC1CC2CCC(C1)N2c1nc(N2CCNC(=O)C2)nc2scc(-c3ccccc3OC)c12. The Morgan fingerprint density at radius 3 is 2.66 bits per heavy atom. The fourth-order valence-corrected chi connectivity index (χ4v) is 7.05. The van der Waals surface area contributed by atoms with Crippen molar-refractivity contribution in [3.63, 3.8) is 0 Å². The van der Waals surface area contributed by atoms with Crippen LogP contribution in [0, 0.1) is 5.92 Å². The summed E-state index contributed by atoms with van der Waals surface area (Å²) in [5, 5.41) is 6.17. The van der Waals surface area contributed by atoms with E-state index < -0.39 is 0 Å². The fourth-order valence-electron chi connectivity index (χ4n) is 6.12. The van der Waals surface area contributed by atoms with Crippen molar-refractivity contribution < 1.29 is 14.3 Å². The molecule has 2 aromatic heterocycles. The number of ether oxygens (including phenoxy) is 2. The number of hydrogen-bond acceptors (Lipinski definition) is 8. The largest absolute Gasteiger partial charge is 0.496 e. The molecule has 0 spiro atoms. The minimum absolute atomic E-state index is 0.0165. The van der Waals surface area contributed by atoms with Crippen molar-refractivity contribution in [2.75, 3.05) is 50.3 Å². The van der Waals surface area contributed by atoms with E-state index in [9.17, 15) is 4.79 Å². The molecule has 184 valence electrons. The topological polar surface area (TPSA) is 79.8 Å². The summed E-state index contributed by atoms with van der Waals surface area (Å²) in [6, 6.07) is 9.02. The van der Waals surface area contributed by atoms with Gasteiger partial charge in [-0.3, -0.25) is 4.79 Å². The minimum Gasteiger partial charge on any atom is -0.496 e. The Morgan fingerprint density at radius 1 is 1.11 bits per heavy atom. The average Bonchev–Trinajstić information content (AvgIpc) is 3.42. The van der Waals surface area contributed by atoms with Crippen LogP contribution in [-0.4, -0.2) is 68.4 Å². The zero-order chi connectivity index (χ0) is 23.9. The van der Waals surface area contributed by atoms with Gasteiger partial charge in [0.25, 0.3) is 0 Å². The molecule has 1 aromatic carbocycles. The first-order chi connectivity index (χ1) is 17.2. The van der Waals surface area contributed by atoms with E-state index in [2.05, 4.69) is 21.7 Å². The summed E-state index contributed by atoms with van der Waals surface area (Å²) in [6.45, 7) is 2.43. The van der Waals surface area contributed by atoms with E-state index in [-0.39, 0.29) is 5.91 Å². The number of piperazine rings is 1. The van der Waals surface area contributed by atoms with Crippen LogP contribution in [0.3, 0.4) is 0 Å². The standard InChI is InChI=1S/C26H31N5O3S/c1-33-14-16-11-17-7-8-18(12-16)31(17)24-23-20(19-5-3-4-6-21(19)34-2)15-35-25(23)29-26(28-24)30-10-9-27-22(32)13-30/h3-6,15-18H,7-14H2,1-2H3,(H,27,32). The number of nitrogens with one attached hydrogen (secondary N) is 1. The number of carbonyl (C=O) groups is 1. The number of para-hydroxylation sites is 1. The Bertz CT molecular complexity index is 1230. The van der Waals surface area contributed by atoms with Gasteiger partial charge in [-0.1, -0.05) is 18.2 Å². The third kappa shape index (κ3) is 4.00. The molecule has 1 N–H and O–H groups in total. The highest BCUT2D eigenvalue weighted by Crippen LogP contribution is 2.48. The highest BCUT2D eigenvalue weighted by atomic mass is 32.1. The maximum absolute atomic E-state index is 12.1. The number of nitrogens with zero attached hydrogens (tertiary/aromatic N) is 4. The molecule has 1 amide bonds. The number of anilines is 2. The second-order valence-electron chi connectivity index (χ2n) is 9.73. The summed E-state index contributed by atoms with van der Waals surface area (Å²) in [4.78, 5) is 27.8. The first-order valence-corrected chi connectivity index (χ1v) is 13.3. The zero-order valence-electron chi connectivity index (χ0n) is 20.2. The summed E-state index contributed by atoms with van der Waals surface area (Å²) < 4.78 is 11.2. The zero-order valence-corrected chi connectivity index (χ0v) is 21.0. The maximum atomic E-state index is 12.1. The lowest BCUT2D eigenvalue weighted by Gasteiger charge is -2.40. The second kappa shape index (κ2) is 9.28. The lowest BCUT2D eigenvalue weighted by Crippen LogP contribution is -2.48. The number of aromatic nitrogens is 2. The van der Waals surface area contributed by atoms with Crippen LogP contribution in [0.15, 0.2) is 29.6 Å². The predicted molar refractivity (Wildman–Crippen MR) is 139 cm³/mol. The van der Waals surface area contributed by atoms with E-state index in [0.717, 1.165) is 52.4 Å². The van der Waals surface area contributed by atoms with E-state index >= 15 is 0 Å². The van der Waals surface area contributed by atoms with Gasteiger partial charge in [0.05, 0.1) is 19.0 Å². The van der Waals surface area contributed by atoms with E-state index in [1.54, 1.807) is 25.6 Å². The quantitative estimate of drug-likeness (QED) is 0.561. The van der Waals surface area contributed by atoms with Gasteiger partial charge in [-0.25, -0.2) is 4.98 Å². The number of fused-ring (bicyclic) bond motifs is 3. The molecule has 3 aliphatic heterocycles. The summed E-state index contributed by atoms with van der Waals surface area (Å²) in [7, 11) is 3.51. The Kier molecular flexibility index (Phi) is 5.98. The van der Waals surface area contributed by atoms with Crippen LogP contribution in [0.2, 0.25) is 0 Å². The van der Waals surface area contributed by atoms with Gasteiger partial charge in [-0.2, -0.15) is 4.98 Å². The van der Waals surface area contributed by atoms with E-state index in [4.69, 9.17) is 19.4 Å². The fraction of sp³-hybridized carbons (Fsp3) is 0.500. The maximum Gasteiger partial charge on any atom is 0.239 e. The summed E-state index contributed by atoms with van der Waals surface area (Å²) in [5.74, 6) is 3.10. The molecule has 9 heteroatoms. The van der Waals surface area contributed by atoms with Gasteiger partial charge < -0.3 is 24.6 Å². The number of piperidine rings is 1. The molecule has 35 heavy (non-hydrogen) atoms. The highest BCUT2D eigenvalue weighted by molar-refractivity contribution is 7.17. The van der Waals surface area contributed by atoms with Crippen molar-refractivity contribution >= 4 is 39.2 Å². The van der Waals surface area contributed by atoms with Gasteiger partial charge in [0.1, 0.15) is 16.4 Å². The van der Waals surface area contributed by atoms with E-state index in [1.165, 1.54) is 12.8 Å². The molecule has 0 saturated carbocycles. The normalized spacial score (nSPS) is 24.2. The smallest absolute Gasteiger partial charge is 0.239 e. The number of carbonyl (C=O) groups excluding carboxylic acids is 1. The third-order valence-electron chi connectivity index (χ3n) is 7.60. The first-order valence-electron chi connectivity index (χ1n) is 12.4. The van der Waals surface area contributed by atoms with Crippen LogP contribution >= 0.6 is 11.3 Å². The minimum atomic E-state index is 0.0165. The molecule has 3 aliphatic rings. The van der Waals surface area contributed by atoms with Gasteiger partial charge in [0.15, 0.2) is 0 Å². The molecule has 3 aromatic rings. The Morgan fingerprint density at radius 2 is 1.91 bits per heavy atom. The van der Waals surface area contributed by atoms with Crippen LogP contribution in [0.5, 0.6) is 5.75 Å². The molecule has 2 unspecified atom stereocenters. The molecule has 6 rings (SSSR count). The molecule has 2 bridgehead atoms. The Balaban J connectivity index is 1.50. The molecular formula is C26H31N5O3S. The summed E-state index contributed by atoms with van der Waals surface area (Å²) in [5.41, 5.74) is 2.16. The van der Waals surface area contributed by atoms with Gasteiger partial charge in [0.2, 0.25) is 11.9 Å². The average molecular weight is 494 g/mol. The highest BCUT2D eigenvalue weighted by Gasteiger charge is 2.42. The number of amides is 1. The van der Waals surface area contributed by atoms with Crippen LogP contribution < -0.4 is 19.9 Å². The first kappa shape index (κ1) is 22.5.